The second-order valence-corrected chi connectivity index (χ2v) is 39.9. The van der Waals surface area contributed by atoms with Crippen LogP contribution in [0.5, 0.6) is 0 Å². The standard InChI is InChI=1S/C32H38O4S4.C24H20Br2O4S4.C20H28B2O4S2.CH3F.BHNS/c1-3-35-29(33)13-9-5-7-11-23-19-21-37-31(23)27-17-15-25(39-27)26-16-18-28(40-26)32-24(20-22-38-32)12-8-6-10-14-30(34)36-4-2;1-3-29-21(27)11-13-9-19(25)33-23(13)17-7-5-15(31-17)16-6-8-18(32-16)24-14(10-20(26)34-24)12-22(28)30-4-2;1-17(2)18(3,4)24-21(23-17)15-11-9-13(27-15)14-10-12-16(28-14)22-25-19(5,6)20(7,8)26-22;1-2;1-2-3/h15-22H,3-14H2,1-2H3;5-10H,3-4,11-12H2,1-2H3;9-12H,1-8H3;1H3;3H/i;;;1D;. The maximum atomic E-state index is 12.0. The van der Waals surface area contributed by atoms with Gasteiger partial charge in [-0.25, -0.2) is 0 Å². The van der Waals surface area contributed by atoms with E-state index in [4.69, 9.17) is 38.9 Å². The summed E-state index contributed by atoms with van der Waals surface area (Å²) in [6.07, 6.45) is 9.69. The number of halogens is 3. The van der Waals surface area contributed by atoms with Crippen LogP contribution in [0, 0.1) is 0 Å². The molecule has 2 fully saturated rings. The van der Waals surface area contributed by atoms with Crippen molar-refractivity contribution in [3.8, 4) is 68.3 Å². The molecule has 0 atom stereocenters. The summed E-state index contributed by atoms with van der Waals surface area (Å²) >= 11 is 27.8. The Balaban J connectivity index is 0.000000199. The molecular formula is C77H90B3Br2FNO12S11. The Labute approximate surface area is 695 Å². The number of hydrogen-bond donors (Lipinski definition) is 1. The van der Waals surface area contributed by atoms with Gasteiger partial charge in [0.1, 0.15) is 0 Å². The fraction of sp³-hybridized carbons (Fsp3) is 0.429. The molecule has 0 saturated carbocycles. The number of rotatable bonds is 29. The van der Waals surface area contributed by atoms with Crippen molar-refractivity contribution in [2.24, 2.45) is 4.30 Å². The molecular weight excluding hydrogens is 1690 g/mol. The fourth-order valence-corrected chi connectivity index (χ4v) is 23.3. The Hall–Kier alpha value is -4.05. The van der Waals surface area contributed by atoms with Gasteiger partial charge in [-0.1, -0.05) is 25.0 Å². The average molecular weight is 1790 g/mol. The van der Waals surface area contributed by atoms with Crippen molar-refractivity contribution in [2.45, 2.75) is 183 Å². The molecule has 2 saturated heterocycles. The van der Waals surface area contributed by atoms with Crippen molar-refractivity contribution >= 4 is 213 Å². The second-order valence-electron chi connectivity index (χ2n) is 26.4. The third kappa shape index (κ3) is 24.5. The van der Waals surface area contributed by atoms with Gasteiger partial charge in [0.25, 0.3) is 0 Å². The first-order valence-corrected chi connectivity index (χ1v) is 45.4. The third-order valence-electron chi connectivity index (χ3n) is 17.9. The Bertz CT molecular complexity index is 4210. The number of hydrogen-bond acceptors (Lipinski definition) is 24. The van der Waals surface area contributed by atoms with Gasteiger partial charge in [0.05, 0.1) is 77.8 Å². The van der Waals surface area contributed by atoms with Crippen LogP contribution in [0.1, 0.15) is 158 Å². The van der Waals surface area contributed by atoms with E-state index in [-0.39, 0.29) is 73.4 Å². The van der Waals surface area contributed by atoms with Crippen LogP contribution in [0.2, 0.25) is 0 Å². The summed E-state index contributed by atoms with van der Waals surface area (Å²) in [4.78, 5) is 64.4. The van der Waals surface area contributed by atoms with Crippen molar-refractivity contribution in [1.29, 1.82) is 0 Å². The molecule has 0 amide bonds. The number of aryl methyl sites for hydroxylation is 2. The van der Waals surface area contributed by atoms with Crippen LogP contribution in [0.15, 0.2) is 120 Å². The predicted octanol–water partition coefficient (Wildman–Crippen LogP) is 23.8. The number of unbranched alkanes of at least 4 members (excludes halogenated alkanes) is 4. The molecule has 2 aliphatic heterocycles. The monoisotopic (exact) mass is 1780 g/mol. The van der Waals surface area contributed by atoms with E-state index in [2.05, 4.69) is 208 Å². The first-order chi connectivity index (χ1) is 51.6. The molecule has 0 aromatic carbocycles. The number of alkyl halides is 1. The number of carbonyl (C=O) groups excluding carboxylic acids is 4. The zero-order valence-corrected chi connectivity index (χ0v) is 74.4. The van der Waals surface area contributed by atoms with E-state index in [1.165, 1.54) is 59.9 Å². The molecule has 10 aromatic heterocycles. The normalized spacial score (nSPS) is 14.5. The molecule has 12 rings (SSSR count). The van der Waals surface area contributed by atoms with Crippen LogP contribution in [0.4, 0.5) is 4.39 Å². The van der Waals surface area contributed by atoms with E-state index in [9.17, 15) is 23.6 Å². The molecule has 0 spiro atoms. The Morgan fingerprint density at radius 3 is 1.04 bits per heavy atom. The van der Waals surface area contributed by atoms with E-state index < -0.39 is 7.15 Å². The van der Waals surface area contributed by atoms with Crippen LogP contribution in [-0.2, 0) is 82.4 Å². The van der Waals surface area contributed by atoms with Gasteiger partial charge in [0, 0.05) is 90.7 Å². The molecule has 0 N–H and O–H groups in total. The second kappa shape index (κ2) is 42.2. The minimum atomic E-state index is -1.00. The average Bonchev–Trinajstić information content (AvgIpc) is 1.62. The predicted molar refractivity (Wildman–Crippen MR) is 465 cm³/mol. The Morgan fingerprint density at radius 1 is 0.439 bits per heavy atom. The van der Waals surface area contributed by atoms with Crippen molar-refractivity contribution < 1.29 is 62.5 Å². The number of thiophene rings is 10. The molecule has 571 valence electrons. The van der Waals surface area contributed by atoms with E-state index in [0.717, 1.165) is 99.1 Å². The van der Waals surface area contributed by atoms with Crippen molar-refractivity contribution in [3.63, 3.8) is 0 Å². The van der Waals surface area contributed by atoms with Gasteiger partial charge < -0.3 is 37.6 Å². The molecule has 0 aliphatic carbocycles. The Kier molecular flexibility index (Phi) is 34.3. The number of thiol groups is 1. The van der Waals surface area contributed by atoms with Crippen LogP contribution in [-0.4, -0.2) is 102 Å². The minimum absolute atomic E-state index is 0.0836. The van der Waals surface area contributed by atoms with Crippen LogP contribution < -0.4 is 9.55 Å². The van der Waals surface area contributed by atoms with Gasteiger partial charge in [-0.2, -0.15) is 0 Å². The quantitative estimate of drug-likeness (QED) is 0.0156. The maximum absolute atomic E-state index is 12.0. The number of esters is 4. The number of ether oxygens (including phenoxy) is 4. The molecule has 30 heteroatoms. The molecule has 107 heavy (non-hydrogen) atoms. The van der Waals surface area contributed by atoms with Gasteiger partial charge in [-0.3, -0.25) is 23.6 Å². The Morgan fingerprint density at radius 2 is 0.720 bits per heavy atom. The van der Waals surface area contributed by atoms with E-state index in [1.807, 2.05) is 85.2 Å². The van der Waals surface area contributed by atoms with Gasteiger partial charge in [0.15, 0.2) is 0 Å². The summed E-state index contributed by atoms with van der Waals surface area (Å²) in [7, 11) is 2.71. The molecule has 0 unspecified atom stereocenters. The van der Waals surface area contributed by atoms with Crippen LogP contribution in [0.3, 0.4) is 0 Å². The molecule has 1 radical (unpaired) electrons. The first-order valence-electron chi connectivity index (χ1n) is 35.9. The third-order valence-corrected chi connectivity index (χ3v) is 31.0. The SMILES string of the molecule is CC1(C)OB(c2ccc(-c3ccc(B4OC(C)(C)C(C)(C)O4)s3)s2)OC1(C)C.CCOC(=O)CCCCCc1ccsc1-c1ccc(-c2ccc(-c3sccc3CCCCCC(=O)OCC)s2)s1.CCOC(=O)Cc1cc(Br)sc1-c1ccc(-c2ccc(-c3sc(Br)cc3CC(=O)OCC)s2)s1.[2H]CF.[B]=NS. The van der Waals surface area contributed by atoms with E-state index in [1.54, 1.807) is 68.0 Å². The summed E-state index contributed by atoms with van der Waals surface area (Å²) in [5, 5.41) is 4.39. The summed E-state index contributed by atoms with van der Waals surface area (Å²) in [5.41, 5.74) is 3.47. The van der Waals surface area contributed by atoms with Gasteiger partial charge in [0.2, 0.25) is 0 Å². The molecule has 13 nitrogen and oxygen atoms in total. The zero-order valence-electron chi connectivity index (χ0n) is 63.2. The summed E-state index contributed by atoms with van der Waals surface area (Å²) in [6.45, 7) is 25.7. The van der Waals surface area contributed by atoms with Crippen molar-refractivity contribution in [2.75, 3.05) is 33.6 Å². The topological polar surface area (TPSA) is 154 Å². The van der Waals surface area contributed by atoms with Gasteiger partial charge in [-0.15, -0.1) is 113 Å². The van der Waals surface area contributed by atoms with E-state index in [0.29, 0.717) is 39.3 Å². The molecule has 2 aliphatic rings. The molecule has 10 aromatic rings. The van der Waals surface area contributed by atoms with Crippen molar-refractivity contribution in [3.05, 3.63) is 138 Å². The fourth-order valence-electron chi connectivity index (χ4n) is 11.2. The van der Waals surface area contributed by atoms with Gasteiger partial charge >= 0.3 is 62.9 Å². The zero-order chi connectivity index (χ0) is 78.3. The van der Waals surface area contributed by atoms with Crippen LogP contribution in [0.25, 0.3) is 68.3 Å². The van der Waals surface area contributed by atoms with Crippen LogP contribution >= 0.6 is 158 Å². The summed E-state index contributed by atoms with van der Waals surface area (Å²) in [5.74, 6) is -0.594. The number of carbonyl (C=O) groups is 4. The molecule has 0 bridgehead atoms. The van der Waals surface area contributed by atoms with E-state index >= 15 is 0 Å². The number of nitrogens with zero attached hydrogens (tertiary/aromatic N) is 1. The van der Waals surface area contributed by atoms with Crippen molar-refractivity contribution in [1.82, 2.24) is 0 Å². The first kappa shape index (κ1) is 86.9. The summed E-state index contributed by atoms with van der Waals surface area (Å²) in [6, 6.07) is 34.5. The molecule has 12 heterocycles. The summed E-state index contributed by atoms with van der Waals surface area (Å²) < 4.78 is 67.4. The van der Waals surface area contributed by atoms with Gasteiger partial charge in [-0.05, 0) is 271 Å².